The highest BCUT2D eigenvalue weighted by Crippen LogP contribution is 2.40. The number of ether oxygens (including phenoxy) is 2. The van der Waals surface area contributed by atoms with Gasteiger partial charge in [0.25, 0.3) is 0 Å². The summed E-state index contributed by atoms with van der Waals surface area (Å²) in [6.45, 7) is 7.38. The zero-order chi connectivity index (χ0) is 18.8. The number of carbonyl (C=O) groups excluding carboxylic acids is 2. The minimum atomic E-state index is -0.410. The third-order valence-electron chi connectivity index (χ3n) is 3.10. The van der Waals surface area contributed by atoms with Gasteiger partial charge in [0.05, 0.1) is 11.1 Å². The molecule has 0 heterocycles. The molecule has 0 saturated carbocycles. The van der Waals surface area contributed by atoms with E-state index in [0.29, 0.717) is 11.1 Å². The molecule has 0 atom stereocenters. The average Bonchev–Trinajstić information content (AvgIpc) is 2.69. The molecule has 0 aromatic heterocycles. The molecule has 2 aromatic carbocycles. The molecule has 0 aliphatic heterocycles. The van der Waals surface area contributed by atoms with Crippen LogP contribution in [-0.4, -0.2) is 25.2 Å². The Morgan fingerprint density at radius 1 is 0.769 bits per heavy atom. The van der Waals surface area contributed by atoms with Crippen LogP contribution in [0.4, 0.5) is 0 Å². The van der Waals surface area contributed by atoms with Gasteiger partial charge < -0.3 is 9.47 Å². The fourth-order valence-corrected chi connectivity index (χ4v) is 4.27. The van der Waals surface area contributed by atoms with Crippen LogP contribution in [0.3, 0.4) is 0 Å². The molecule has 0 amide bonds. The van der Waals surface area contributed by atoms with Crippen LogP contribution in [-0.2, 0) is 9.47 Å². The molecule has 0 spiro atoms. The summed E-state index contributed by atoms with van der Waals surface area (Å²) in [6.07, 6.45) is 3.04. The molecule has 0 fully saturated rings. The van der Waals surface area contributed by atoms with Gasteiger partial charge in [-0.05, 0) is 24.3 Å². The van der Waals surface area contributed by atoms with E-state index in [1.807, 2.05) is 24.3 Å². The van der Waals surface area contributed by atoms with Crippen molar-refractivity contribution < 1.29 is 19.1 Å². The van der Waals surface area contributed by atoms with E-state index in [-0.39, 0.29) is 13.2 Å². The maximum atomic E-state index is 12.2. The second-order valence-corrected chi connectivity index (χ2v) is 7.15. The second kappa shape index (κ2) is 10.5. The van der Waals surface area contributed by atoms with E-state index in [4.69, 9.17) is 9.47 Å². The summed E-state index contributed by atoms with van der Waals surface area (Å²) >= 11 is 0. The van der Waals surface area contributed by atoms with Gasteiger partial charge in [-0.25, -0.2) is 9.59 Å². The lowest BCUT2D eigenvalue weighted by atomic mass is 10.2. The quantitative estimate of drug-likeness (QED) is 0.337. The summed E-state index contributed by atoms with van der Waals surface area (Å²) in [4.78, 5) is 25.8. The highest BCUT2D eigenvalue weighted by Gasteiger charge is 2.16. The van der Waals surface area contributed by atoms with Crippen molar-refractivity contribution in [2.24, 2.45) is 0 Å². The van der Waals surface area contributed by atoms with Gasteiger partial charge in [-0.15, -0.1) is 0 Å². The number of esters is 2. The average molecular weight is 386 g/mol. The Labute approximate surface area is 160 Å². The van der Waals surface area contributed by atoms with Crippen molar-refractivity contribution in [3.63, 3.8) is 0 Å². The Bertz CT molecular complexity index is 734. The third-order valence-corrected chi connectivity index (χ3v) is 5.58. The van der Waals surface area contributed by atoms with Crippen molar-refractivity contribution in [3.05, 3.63) is 85.0 Å². The molecule has 0 radical (unpaired) electrons. The van der Waals surface area contributed by atoms with E-state index in [1.165, 1.54) is 33.7 Å². The third kappa shape index (κ3) is 5.54. The summed E-state index contributed by atoms with van der Waals surface area (Å²) in [7, 11) is 2.76. The highest BCUT2D eigenvalue weighted by molar-refractivity contribution is 8.76. The van der Waals surface area contributed by atoms with Gasteiger partial charge in [-0.3, -0.25) is 0 Å². The highest BCUT2D eigenvalue weighted by atomic mass is 33.1. The van der Waals surface area contributed by atoms with Gasteiger partial charge in [0.2, 0.25) is 0 Å². The summed E-state index contributed by atoms with van der Waals surface area (Å²) in [5.74, 6) is -0.820. The van der Waals surface area contributed by atoms with E-state index in [0.717, 1.165) is 9.79 Å². The molecule has 0 N–H and O–H groups in total. The SMILES string of the molecule is C=CCOC(=O)c1ccccc1SSc1ccccc1C(=O)OCC=C. The van der Waals surface area contributed by atoms with E-state index < -0.39 is 11.9 Å². The smallest absolute Gasteiger partial charge is 0.339 e. The first-order chi connectivity index (χ1) is 12.7. The molecule has 0 aliphatic carbocycles. The van der Waals surface area contributed by atoms with E-state index >= 15 is 0 Å². The molecular formula is C20H18O4S2. The molecule has 4 nitrogen and oxygen atoms in total. The maximum absolute atomic E-state index is 12.2. The molecule has 26 heavy (non-hydrogen) atoms. The van der Waals surface area contributed by atoms with E-state index in [1.54, 1.807) is 24.3 Å². The van der Waals surface area contributed by atoms with Crippen LogP contribution in [0.5, 0.6) is 0 Å². The van der Waals surface area contributed by atoms with Crippen LogP contribution in [0.1, 0.15) is 20.7 Å². The molecule has 0 aliphatic rings. The second-order valence-electron chi connectivity index (χ2n) is 4.93. The van der Waals surface area contributed by atoms with Crippen molar-refractivity contribution in [1.82, 2.24) is 0 Å². The van der Waals surface area contributed by atoms with E-state index in [9.17, 15) is 9.59 Å². The Balaban J connectivity index is 2.15. The molecule has 2 aromatic rings. The van der Waals surface area contributed by atoms with Gasteiger partial charge >= 0.3 is 11.9 Å². The minimum absolute atomic E-state index is 0.156. The van der Waals surface area contributed by atoms with Gasteiger partial charge in [-0.2, -0.15) is 0 Å². The molecule has 0 bridgehead atoms. The summed E-state index contributed by atoms with van der Waals surface area (Å²) in [5.41, 5.74) is 0.942. The van der Waals surface area contributed by atoms with Crippen molar-refractivity contribution in [1.29, 1.82) is 0 Å². The molecular weight excluding hydrogens is 368 g/mol. The van der Waals surface area contributed by atoms with Crippen molar-refractivity contribution in [2.45, 2.75) is 9.79 Å². The van der Waals surface area contributed by atoms with Crippen LogP contribution in [0.2, 0.25) is 0 Å². The lowest BCUT2D eigenvalue weighted by Gasteiger charge is -2.10. The van der Waals surface area contributed by atoms with Gasteiger partial charge in [-0.1, -0.05) is 71.2 Å². The molecule has 0 saturated heterocycles. The van der Waals surface area contributed by atoms with Gasteiger partial charge in [0, 0.05) is 9.79 Å². The Hall–Kier alpha value is -2.44. The maximum Gasteiger partial charge on any atom is 0.339 e. The van der Waals surface area contributed by atoms with Crippen LogP contribution >= 0.6 is 21.6 Å². The predicted octanol–water partition coefficient (Wildman–Crippen LogP) is 5.17. The monoisotopic (exact) mass is 386 g/mol. The van der Waals surface area contributed by atoms with Gasteiger partial charge in [0.1, 0.15) is 13.2 Å². The zero-order valence-electron chi connectivity index (χ0n) is 14.1. The largest absolute Gasteiger partial charge is 0.458 e. The summed E-state index contributed by atoms with van der Waals surface area (Å²) in [6, 6.07) is 14.3. The van der Waals surface area contributed by atoms with Crippen molar-refractivity contribution in [2.75, 3.05) is 13.2 Å². The fraction of sp³-hybridized carbons (Fsp3) is 0.100. The van der Waals surface area contributed by atoms with Crippen molar-refractivity contribution >= 4 is 33.5 Å². The Kier molecular flexibility index (Phi) is 8.05. The van der Waals surface area contributed by atoms with Crippen LogP contribution in [0.15, 0.2) is 83.6 Å². The number of carbonyl (C=O) groups is 2. The van der Waals surface area contributed by atoms with Crippen LogP contribution in [0, 0.1) is 0 Å². The van der Waals surface area contributed by atoms with Crippen LogP contribution < -0.4 is 0 Å². The molecule has 2 rings (SSSR count). The summed E-state index contributed by atoms with van der Waals surface area (Å²) < 4.78 is 10.2. The minimum Gasteiger partial charge on any atom is -0.458 e. The number of hydrogen-bond acceptors (Lipinski definition) is 6. The van der Waals surface area contributed by atoms with Gasteiger partial charge in [0.15, 0.2) is 0 Å². The number of benzene rings is 2. The first kappa shape index (κ1) is 19.9. The summed E-state index contributed by atoms with van der Waals surface area (Å²) in [5, 5.41) is 0. The topological polar surface area (TPSA) is 52.6 Å². The predicted molar refractivity (Wildman–Crippen MR) is 106 cm³/mol. The van der Waals surface area contributed by atoms with Crippen LogP contribution in [0.25, 0.3) is 0 Å². The first-order valence-electron chi connectivity index (χ1n) is 7.76. The van der Waals surface area contributed by atoms with Crippen molar-refractivity contribution in [3.8, 4) is 0 Å². The lowest BCUT2D eigenvalue weighted by molar-refractivity contribution is 0.0536. The normalized spacial score (nSPS) is 10.0. The standard InChI is InChI=1S/C20H18O4S2/c1-3-13-23-19(21)15-9-5-7-11-17(15)25-26-18-12-8-6-10-16(18)20(22)24-14-4-2/h3-12H,1-2,13-14H2. The zero-order valence-corrected chi connectivity index (χ0v) is 15.7. The molecule has 0 unspecified atom stereocenters. The number of rotatable bonds is 9. The Morgan fingerprint density at radius 2 is 1.15 bits per heavy atom. The molecule has 134 valence electrons. The molecule has 6 heteroatoms. The number of hydrogen-bond donors (Lipinski definition) is 0. The Morgan fingerprint density at radius 3 is 1.54 bits per heavy atom. The lowest BCUT2D eigenvalue weighted by Crippen LogP contribution is -2.06. The first-order valence-corrected chi connectivity index (χ1v) is 9.91. The van der Waals surface area contributed by atoms with E-state index in [2.05, 4.69) is 13.2 Å². The fourth-order valence-electron chi connectivity index (χ4n) is 1.93.